The van der Waals surface area contributed by atoms with E-state index < -0.39 is 0 Å². The summed E-state index contributed by atoms with van der Waals surface area (Å²) in [5, 5.41) is 2.98. The number of hydrogen-bond acceptors (Lipinski definition) is 3. The van der Waals surface area contributed by atoms with Gasteiger partial charge in [-0.3, -0.25) is 14.5 Å². The lowest BCUT2D eigenvalue weighted by Gasteiger charge is -2.34. The molecule has 1 unspecified atom stereocenters. The van der Waals surface area contributed by atoms with Crippen LogP contribution >= 0.6 is 0 Å². The van der Waals surface area contributed by atoms with E-state index in [1.54, 1.807) is 0 Å². The topological polar surface area (TPSA) is 52.7 Å². The van der Waals surface area contributed by atoms with Crippen LogP contribution in [0.15, 0.2) is 30.3 Å². The summed E-state index contributed by atoms with van der Waals surface area (Å²) in [6.07, 6.45) is 0.936. The Hall–Kier alpha value is -1.88. The molecule has 1 N–H and O–H groups in total. The minimum absolute atomic E-state index is 0.0668. The highest BCUT2D eigenvalue weighted by molar-refractivity contribution is 5.94. The largest absolute Gasteiger partial charge is 0.353 e. The van der Waals surface area contributed by atoms with Crippen LogP contribution in [0.3, 0.4) is 0 Å². The number of amides is 2. The van der Waals surface area contributed by atoms with Gasteiger partial charge in [0.2, 0.25) is 5.91 Å². The number of piperazine rings is 1. The van der Waals surface area contributed by atoms with Crippen molar-refractivity contribution in [3.8, 4) is 0 Å². The predicted molar refractivity (Wildman–Crippen MR) is 86.7 cm³/mol. The highest BCUT2D eigenvalue weighted by atomic mass is 16.2. The lowest BCUT2D eigenvalue weighted by atomic mass is 10.2. The zero-order valence-corrected chi connectivity index (χ0v) is 13.4. The Morgan fingerprint density at radius 2 is 1.77 bits per heavy atom. The van der Waals surface area contributed by atoms with Crippen LogP contribution in [0.25, 0.3) is 0 Å². The van der Waals surface area contributed by atoms with Gasteiger partial charge in [-0.25, -0.2) is 0 Å². The van der Waals surface area contributed by atoms with Crippen LogP contribution in [0.5, 0.6) is 0 Å². The number of rotatable bonds is 5. The summed E-state index contributed by atoms with van der Waals surface area (Å²) in [6, 6.07) is 9.56. The van der Waals surface area contributed by atoms with Crippen LogP contribution in [0.4, 0.5) is 0 Å². The molecule has 0 saturated carbocycles. The van der Waals surface area contributed by atoms with Gasteiger partial charge in [-0.1, -0.05) is 25.1 Å². The fraction of sp³-hybridized carbons (Fsp3) is 0.529. The first kappa shape index (κ1) is 16.5. The Balaban J connectivity index is 1.78. The molecule has 1 atom stereocenters. The molecule has 1 fully saturated rings. The predicted octanol–water partition coefficient (Wildman–Crippen LogP) is 1.36. The van der Waals surface area contributed by atoms with Gasteiger partial charge in [0.25, 0.3) is 5.91 Å². The van der Waals surface area contributed by atoms with Crippen molar-refractivity contribution in [2.24, 2.45) is 0 Å². The SMILES string of the molecule is CCC(C)NC(=O)CN1CCN(C(=O)c2ccccc2)CC1. The van der Waals surface area contributed by atoms with Crippen molar-refractivity contribution >= 4 is 11.8 Å². The number of carbonyl (C=O) groups is 2. The lowest BCUT2D eigenvalue weighted by molar-refractivity contribution is -0.123. The van der Waals surface area contributed by atoms with Crippen LogP contribution in [0, 0.1) is 0 Å². The molecule has 0 aromatic heterocycles. The standard InChI is InChI=1S/C17H25N3O2/c1-3-14(2)18-16(21)13-19-9-11-20(12-10-19)17(22)15-7-5-4-6-8-15/h4-8,14H,3,9-13H2,1-2H3,(H,18,21). The molecular formula is C17H25N3O2. The average molecular weight is 303 g/mol. The zero-order chi connectivity index (χ0) is 15.9. The maximum atomic E-state index is 12.3. The zero-order valence-electron chi connectivity index (χ0n) is 13.4. The molecule has 0 radical (unpaired) electrons. The third-order valence-corrected chi connectivity index (χ3v) is 4.07. The van der Waals surface area contributed by atoms with Crippen molar-refractivity contribution in [2.75, 3.05) is 32.7 Å². The van der Waals surface area contributed by atoms with Crippen molar-refractivity contribution in [2.45, 2.75) is 26.3 Å². The molecule has 0 spiro atoms. The third kappa shape index (κ3) is 4.56. The fourth-order valence-electron chi connectivity index (χ4n) is 2.50. The number of hydrogen-bond donors (Lipinski definition) is 1. The van der Waals surface area contributed by atoms with Crippen molar-refractivity contribution in [3.63, 3.8) is 0 Å². The quantitative estimate of drug-likeness (QED) is 0.893. The van der Waals surface area contributed by atoms with E-state index in [9.17, 15) is 9.59 Å². The second-order valence-corrected chi connectivity index (χ2v) is 5.81. The van der Waals surface area contributed by atoms with E-state index in [2.05, 4.69) is 17.1 Å². The molecule has 120 valence electrons. The summed E-state index contributed by atoms with van der Waals surface area (Å²) in [5.74, 6) is 0.140. The highest BCUT2D eigenvalue weighted by Crippen LogP contribution is 2.08. The van der Waals surface area contributed by atoms with Gasteiger partial charge in [0.15, 0.2) is 0 Å². The third-order valence-electron chi connectivity index (χ3n) is 4.07. The molecule has 22 heavy (non-hydrogen) atoms. The summed E-state index contributed by atoms with van der Waals surface area (Å²) < 4.78 is 0. The molecule has 1 aliphatic heterocycles. The Morgan fingerprint density at radius 1 is 1.14 bits per heavy atom. The van der Waals surface area contributed by atoms with Crippen LogP contribution in [0.2, 0.25) is 0 Å². The number of benzene rings is 1. The first-order valence-corrected chi connectivity index (χ1v) is 7.96. The molecule has 5 nitrogen and oxygen atoms in total. The highest BCUT2D eigenvalue weighted by Gasteiger charge is 2.23. The van der Waals surface area contributed by atoms with Gasteiger partial charge in [-0.05, 0) is 25.5 Å². The maximum Gasteiger partial charge on any atom is 0.253 e. The second kappa shape index (κ2) is 7.94. The number of carbonyl (C=O) groups excluding carboxylic acids is 2. The molecule has 1 heterocycles. The van der Waals surface area contributed by atoms with Crippen LogP contribution in [-0.4, -0.2) is 60.4 Å². The van der Waals surface area contributed by atoms with Crippen molar-refractivity contribution in [1.29, 1.82) is 0 Å². The summed E-state index contributed by atoms with van der Waals surface area (Å²) in [4.78, 5) is 28.2. The van der Waals surface area contributed by atoms with Crippen LogP contribution in [0.1, 0.15) is 30.6 Å². The number of nitrogens with one attached hydrogen (secondary N) is 1. The van der Waals surface area contributed by atoms with Crippen LogP contribution in [-0.2, 0) is 4.79 Å². The minimum atomic E-state index is 0.0668. The van der Waals surface area contributed by atoms with E-state index in [4.69, 9.17) is 0 Å². The van der Waals surface area contributed by atoms with E-state index in [0.29, 0.717) is 19.6 Å². The molecule has 0 bridgehead atoms. The van der Waals surface area contributed by atoms with Crippen molar-refractivity contribution < 1.29 is 9.59 Å². The normalized spacial score (nSPS) is 17.1. The Morgan fingerprint density at radius 3 is 2.36 bits per heavy atom. The van der Waals surface area contributed by atoms with Gasteiger partial charge in [-0.15, -0.1) is 0 Å². The fourth-order valence-corrected chi connectivity index (χ4v) is 2.50. The summed E-state index contributed by atoms with van der Waals surface area (Å²) in [6.45, 7) is 7.30. The van der Waals surface area contributed by atoms with E-state index in [1.165, 1.54) is 0 Å². The molecule has 1 aliphatic rings. The maximum absolute atomic E-state index is 12.3. The lowest BCUT2D eigenvalue weighted by Crippen LogP contribution is -2.51. The molecule has 1 saturated heterocycles. The van der Waals surface area contributed by atoms with Gasteiger partial charge >= 0.3 is 0 Å². The Kier molecular flexibility index (Phi) is 5.95. The number of nitrogens with zero attached hydrogens (tertiary/aromatic N) is 2. The van der Waals surface area contributed by atoms with Crippen molar-refractivity contribution in [3.05, 3.63) is 35.9 Å². The Bertz CT molecular complexity index is 496. The van der Waals surface area contributed by atoms with E-state index in [-0.39, 0.29) is 17.9 Å². The molecule has 2 rings (SSSR count). The van der Waals surface area contributed by atoms with Gasteiger partial charge in [0.05, 0.1) is 6.54 Å². The molecule has 1 aromatic carbocycles. The molecule has 5 heteroatoms. The monoisotopic (exact) mass is 303 g/mol. The van der Waals surface area contributed by atoms with Gasteiger partial charge < -0.3 is 10.2 Å². The van der Waals surface area contributed by atoms with Gasteiger partial charge in [-0.2, -0.15) is 0 Å². The molecular weight excluding hydrogens is 278 g/mol. The molecule has 1 aromatic rings. The second-order valence-electron chi connectivity index (χ2n) is 5.81. The molecule has 2 amide bonds. The minimum Gasteiger partial charge on any atom is -0.353 e. The van der Waals surface area contributed by atoms with E-state index in [1.807, 2.05) is 42.2 Å². The van der Waals surface area contributed by atoms with E-state index >= 15 is 0 Å². The summed E-state index contributed by atoms with van der Waals surface area (Å²) in [5.41, 5.74) is 0.727. The first-order valence-electron chi connectivity index (χ1n) is 7.96. The summed E-state index contributed by atoms with van der Waals surface area (Å²) in [7, 11) is 0. The first-order chi connectivity index (χ1) is 10.6. The molecule has 0 aliphatic carbocycles. The van der Waals surface area contributed by atoms with Crippen molar-refractivity contribution in [1.82, 2.24) is 15.1 Å². The summed E-state index contributed by atoms with van der Waals surface area (Å²) >= 11 is 0. The smallest absolute Gasteiger partial charge is 0.253 e. The van der Waals surface area contributed by atoms with Crippen LogP contribution < -0.4 is 5.32 Å². The van der Waals surface area contributed by atoms with Gasteiger partial charge in [0, 0.05) is 37.8 Å². The Labute approximate surface area is 132 Å². The van der Waals surface area contributed by atoms with E-state index in [0.717, 1.165) is 25.1 Å². The average Bonchev–Trinajstić information content (AvgIpc) is 2.55. The van der Waals surface area contributed by atoms with Gasteiger partial charge in [0.1, 0.15) is 0 Å².